The minimum Gasteiger partial charge on any atom is -0.413 e. The Morgan fingerprint density at radius 3 is 1.34 bits per heavy atom. The third-order valence-corrected chi connectivity index (χ3v) is 14.5. The van der Waals surface area contributed by atoms with Crippen LogP contribution in [0.3, 0.4) is 0 Å². The van der Waals surface area contributed by atoms with Gasteiger partial charge in [-0.25, -0.2) is 0 Å². The van der Waals surface area contributed by atoms with E-state index in [-0.39, 0.29) is 18.1 Å². The zero-order valence-corrected chi connectivity index (χ0v) is 24.5. The third-order valence-electron chi connectivity index (χ3n) is 6.70. The summed E-state index contributed by atoms with van der Waals surface area (Å²) in [5.41, 5.74) is 1.19. The van der Waals surface area contributed by atoms with Crippen LogP contribution < -0.4 is 0 Å². The lowest BCUT2D eigenvalue weighted by molar-refractivity contribution is 0.0118. The van der Waals surface area contributed by atoms with Crippen molar-refractivity contribution < 1.29 is 8.85 Å². The summed E-state index contributed by atoms with van der Waals surface area (Å²) >= 11 is 0. The second kappa shape index (κ2) is 15.9. The molecule has 3 atom stereocenters. The first-order valence-electron chi connectivity index (χ1n) is 12.8. The second-order valence-electron chi connectivity index (χ2n) is 9.92. The summed E-state index contributed by atoms with van der Waals surface area (Å²) in [6.45, 7) is 31.0. The van der Waals surface area contributed by atoms with Crippen molar-refractivity contribution in [2.24, 2.45) is 11.8 Å². The summed E-state index contributed by atoms with van der Waals surface area (Å²) in [6, 6.07) is 15.8. The minimum absolute atomic E-state index is 0.00499. The maximum atomic E-state index is 7.28. The number of benzene rings is 1. The van der Waals surface area contributed by atoms with E-state index in [4.69, 9.17) is 8.85 Å². The summed E-state index contributed by atoms with van der Waals surface area (Å²) in [6.07, 6.45) is 11.9. The van der Waals surface area contributed by atoms with E-state index in [1.54, 1.807) is 0 Å². The van der Waals surface area contributed by atoms with Gasteiger partial charge >= 0.3 is 0 Å². The van der Waals surface area contributed by atoms with Crippen molar-refractivity contribution in [3.8, 4) is 0 Å². The van der Waals surface area contributed by atoms with E-state index in [0.29, 0.717) is 5.92 Å². The fourth-order valence-electron chi connectivity index (χ4n) is 5.26. The molecule has 0 bridgehead atoms. The Balaban J connectivity index is 3.58. The van der Waals surface area contributed by atoms with Crippen molar-refractivity contribution in [3.63, 3.8) is 0 Å². The molecule has 35 heavy (non-hydrogen) atoms. The van der Waals surface area contributed by atoms with Crippen LogP contribution in [0.25, 0.3) is 0 Å². The van der Waals surface area contributed by atoms with Gasteiger partial charge in [0.1, 0.15) is 0 Å². The SMILES string of the molecule is C=CC[Si](CC=C)(CC=C)OC(C)C(C(C)C)C(O[Si](CC=C)(CC=C)CC=C)c1ccccc1. The van der Waals surface area contributed by atoms with Gasteiger partial charge in [-0.2, -0.15) is 0 Å². The van der Waals surface area contributed by atoms with Gasteiger partial charge in [-0.05, 0) is 54.7 Å². The molecule has 2 nitrogen and oxygen atoms in total. The summed E-state index contributed by atoms with van der Waals surface area (Å²) in [7, 11) is -4.41. The fourth-order valence-corrected chi connectivity index (χ4v) is 11.8. The Labute approximate surface area is 218 Å². The number of hydrogen-bond acceptors (Lipinski definition) is 2. The van der Waals surface area contributed by atoms with Crippen LogP contribution in [0, 0.1) is 11.8 Å². The van der Waals surface area contributed by atoms with Crippen molar-refractivity contribution in [3.05, 3.63) is 112 Å². The molecule has 0 amide bonds. The van der Waals surface area contributed by atoms with E-state index in [9.17, 15) is 0 Å². The molecule has 0 fully saturated rings. The van der Waals surface area contributed by atoms with Crippen LogP contribution in [0.5, 0.6) is 0 Å². The zero-order chi connectivity index (χ0) is 26.3. The van der Waals surface area contributed by atoms with Gasteiger partial charge in [0.25, 0.3) is 0 Å². The molecular weight excluding hydrogens is 461 g/mol. The van der Waals surface area contributed by atoms with Crippen molar-refractivity contribution in [1.29, 1.82) is 0 Å². The first kappa shape index (κ1) is 31.0. The lowest BCUT2D eigenvalue weighted by Gasteiger charge is -2.43. The summed E-state index contributed by atoms with van der Waals surface area (Å²) in [5, 5.41) is 0. The lowest BCUT2D eigenvalue weighted by atomic mass is 9.83. The van der Waals surface area contributed by atoms with Crippen molar-refractivity contribution in [2.45, 2.75) is 69.2 Å². The Hall–Kier alpha value is -1.99. The minimum atomic E-state index is -2.25. The van der Waals surface area contributed by atoms with Crippen LogP contribution in [-0.2, 0) is 8.85 Å². The third kappa shape index (κ3) is 9.19. The van der Waals surface area contributed by atoms with Gasteiger partial charge in [-0.15, -0.1) is 39.5 Å². The Morgan fingerprint density at radius 2 is 1.00 bits per heavy atom. The van der Waals surface area contributed by atoms with Gasteiger partial charge in [0, 0.05) is 12.0 Å². The molecule has 0 aromatic heterocycles. The molecule has 0 saturated carbocycles. The standard InChI is InChI=1S/C31H48O2Si2/c1-10-21-34(22-11-2,23-12-3)32-28(9)30(27(7)8)31(29-19-17-16-18-20-29)33-35(24-13-4,25-14-5)26-15-6/h10-20,27-28,30-31H,1-6,21-26H2,7-9H3. The Kier molecular flexibility index (Phi) is 14.1. The van der Waals surface area contributed by atoms with Gasteiger partial charge in [0.05, 0.1) is 6.10 Å². The zero-order valence-electron chi connectivity index (χ0n) is 22.5. The predicted molar refractivity (Wildman–Crippen MR) is 161 cm³/mol. The maximum absolute atomic E-state index is 7.28. The molecule has 3 unspecified atom stereocenters. The van der Waals surface area contributed by atoms with Crippen molar-refractivity contribution in [2.75, 3.05) is 0 Å². The summed E-state index contributed by atoms with van der Waals surface area (Å²) < 4.78 is 14.4. The fraction of sp³-hybridized carbons (Fsp3) is 0.419. The van der Waals surface area contributed by atoms with Crippen LogP contribution >= 0.6 is 0 Å². The molecule has 0 aliphatic heterocycles. The van der Waals surface area contributed by atoms with Crippen LogP contribution in [0.1, 0.15) is 32.4 Å². The van der Waals surface area contributed by atoms with Gasteiger partial charge < -0.3 is 8.85 Å². The van der Waals surface area contributed by atoms with E-state index >= 15 is 0 Å². The van der Waals surface area contributed by atoms with E-state index in [0.717, 1.165) is 36.3 Å². The van der Waals surface area contributed by atoms with E-state index in [1.165, 1.54) is 5.56 Å². The predicted octanol–water partition coefficient (Wildman–Crippen LogP) is 9.43. The highest BCUT2D eigenvalue weighted by Gasteiger charge is 2.42. The average molecular weight is 509 g/mol. The number of rotatable bonds is 20. The monoisotopic (exact) mass is 508 g/mol. The molecule has 1 rings (SSSR count). The van der Waals surface area contributed by atoms with Crippen molar-refractivity contribution in [1.82, 2.24) is 0 Å². The molecule has 0 saturated heterocycles. The van der Waals surface area contributed by atoms with E-state index in [1.807, 2.05) is 36.5 Å². The van der Waals surface area contributed by atoms with Gasteiger partial charge in [0.15, 0.2) is 0 Å². The first-order chi connectivity index (χ1) is 16.8. The van der Waals surface area contributed by atoms with Crippen LogP contribution in [0.15, 0.2) is 106 Å². The molecule has 1 aromatic carbocycles. The quantitative estimate of drug-likeness (QED) is 0.129. The van der Waals surface area contributed by atoms with Gasteiger partial charge in [-0.1, -0.05) is 80.6 Å². The highest BCUT2D eigenvalue weighted by atomic mass is 28.4. The first-order valence-corrected chi connectivity index (χ1v) is 17.9. The maximum Gasteiger partial charge on any atom is 0.204 e. The molecule has 1 aromatic rings. The van der Waals surface area contributed by atoms with Gasteiger partial charge in [0.2, 0.25) is 16.6 Å². The molecular formula is C31H48O2Si2. The highest BCUT2D eigenvalue weighted by molar-refractivity contribution is 6.75. The molecule has 0 heterocycles. The number of hydrogen-bond donors (Lipinski definition) is 0. The molecule has 0 aliphatic carbocycles. The molecule has 4 heteroatoms. The topological polar surface area (TPSA) is 18.5 Å². The molecule has 0 radical (unpaired) electrons. The molecule has 0 N–H and O–H groups in total. The number of allylic oxidation sites excluding steroid dienone is 6. The summed E-state index contributed by atoms with van der Waals surface area (Å²) in [4.78, 5) is 0. The van der Waals surface area contributed by atoms with E-state index in [2.05, 4.69) is 90.6 Å². The summed E-state index contributed by atoms with van der Waals surface area (Å²) in [5.74, 6) is 0.510. The van der Waals surface area contributed by atoms with Crippen molar-refractivity contribution >= 4 is 16.6 Å². The Bertz CT molecular complexity index is 761. The normalized spacial score (nSPS) is 14.5. The lowest BCUT2D eigenvalue weighted by Crippen LogP contribution is -2.47. The molecule has 0 spiro atoms. The largest absolute Gasteiger partial charge is 0.413 e. The smallest absolute Gasteiger partial charge is 0.204 e. The Morgan fingerprint density at radius 1 is 0.629 bits per heavy atom. The second-order valence-corrected chi connectivity index (χ2v) is 17.6. The van der Waals surface area contributed by atoms with Gasteiger partial charge in [-0.3, -0.25) is 0 Å². The average Bonchev–Trinajstić information content (AvgIpc) is 2.80. The highest BCUT2D eigenvalue weighted by Crippen LogP contribution is 2.42. The molecule has 0 aliphatic rings. The van der Waals surface area contributed by atoms with Crippen LogP contribution in [-0.4, -0.2) is 22.7 Å². The van der Waals surface area contributed by atoms with E-state index < -0.39 is 16.6 Å². The van der Waals surface area contributed by atoms with Crippen LogP contribution in [0.4, 0.5) is 0 Å². The molecule has 192 valence electrons. The van der Waals surface area contributed by atoms with Crippen LogP contribution in [0.2, 0.25) is 36.3 Å².